The van der Waals surface area contributed by atoms with Gasteiger partial charge in [-0.15, -0.1) is 0 Å². The van der Waals surface area contributed by atoms with Gasteiger partial charge in [0.05, 0.1) is 6.54 Å². The van der Waals surface area contributed by atoms with Gasteiger partial charge in [-0.3, -0.25) is 4.79 Å². The Morgan fingerprint density at radius 1 is 1.30 bits per heavy atom. The zero-order chi connectivity index (χ0) is 23.5. The van der Waals surface area contributed by atoms with Crippen molar-refractivity contribution in [1.29, 1.82) is 0 Å². The number of likely N-dealkylation sites (N-methyl/N-ethyl adjacent to an activating group) is 1. The Morgan fingerprint density at radius 2 is 2.12 bits per heavy atom. The highest BCUT2D eigenvalue weighted by Crippen LogP contribution is 2.33. The zero-order valence-corrected chi connectivity index (χ0v) is 19.8. The van der Waals surface area contributed by atoms with E-state index >= 15 is 0 Å². The van der Waals surface area contributed by atoms with Crippen LogP contribution in [-0.4, -0.2) is 65.1 Å². The molecule has 1 aliphatic heterocycles. The number of carbonyl (C=O) groups excluding carboxylic acids is 1. The van der Waals surface area contributed by atoms with Crippen molar-refractivity contribution < 1.29 is 9.53 Å². The number of allylic oxidation sites excluding steroid dienone is 1. The van der Waals surface area contributed by atoms with Crippen molar-refractivity contribution in [2.75, 3.05) is 33.8 Å². The van der Waals surface area contributed by atoms with Crippen LogP contribution in [0.1, 0.15) is 12.6 Å². The molecule has 3 N–H and O–H groups in total. The minimum atomic E-state index is -0.355. The van der Waals surface area contributed by atoms with Crippen LogP contribution in [0.25, 0.3) is 16.8 Å². The lowest BCUT2D eigenvalue weighted by molar-refractivity contribution is -0.128. The number of hydrogen-bond donors (Lipinski definition) is 2. The first-order valence-corrected chi connectivity index (χ1v) is 11.3. The fraction of sp³-hybridized carbons (Fsp3) is 0.333. The first kappa shape index (κ1) is 23.1. The van der Waals surface area contributed by atoms with Gasteiger partial charge in [0.2, 0.25) is 5.91 Å². The second kappa shape index (κ2) is 9.82. The van der Waals surface area contributed by atoms with Gasteiger partial charge >= 0.3 is 0 Å². The number of carbonyl (C=O) groups is 1. The average molecular weight is 469 g/mol. The van der Waals surface area contributed by atoms with Crippen LogP contribution in [0, 0.1) is 0 Å². The highest BCUT2D eigenvalue weighted by atomic mass is 35.5. The number of nitrogens with one attached hydrogen (secondary N) is 1. The molecule has 0 aliphatic carbocycles. The fourth-order valence-corrected chi connectivity index (χ4v) is 4.25. The lowest BCUT2D eigenvalue weighted by Crippen LogP contribution is -2.48. The van der Waals surface area contributed by atoms with Crippen molar-refractivity contribution in [2.24, 2.45) is 5.73 Å². The van der Waals surface area contributed by atoms with Crippen LogP contribution >= 0.6 is 11.6 Å². The van der Waals surface area contributed by atoms with E-state index < -0.39 is 0 Å². The van der Waals surface area contributed by atoms with Gasteiger partial charge in [-0.1, -0.05) is 11.6 Å². The number of ether oxygens (including phenoxy) is 1. The third-order valence-electron chi connectivity index (χ3n) is 5.95. The van der Waals surface area contributed by atoms with E-state index in [1.165, 1.54) is 0 Å². The van der Waals surface area contributed by atoms with Crippen LogP contribution in [0.2, 0.25) is 5.02 Å². The van der Waals surface area contributed by atoms with Crippen LogP contribution in [0.3, 0.4) is 0 Å². The molecule has 1 unspecified atom stereocenters. The monoisotopic (exact) mass is 468 g/mol. The smallest absolute Gasteiger partial charge is 0.242 e. The van der Waals surface area contributed by atoms with Crippen molar-refractivity contribution in [3.63, 3.8) is 0 Å². The molecule has 3 heterocycles. The highest BCUT2D eigenvalue weighted by Gasteiger charge is 2.32. The molecule has 0 bridgehead atoms. The molecule has 4 rings (SSSR count). The molecule has 33 heavy (non-hydrogen) atoms. The molecule has 2 aromatic heterocycles. The molecule has 1 aliphatic rings. The molecule has 1 aromatic carbocycles. The maximum absolute atomic E-state index is 12.3. The summed E-state index contributed by atoms with van der Waals surface area (Å²) < 4.78 is 8.26. The average Bonchev–Trinajstić information content (AvgIpc) is 3.34. The van der Waals surface area contributed by atoms with E-state index in [-0.39, 0.29) is 11.9 Å². The number of amides is 1. The quantitative estimate of drug-likeness (QED) is 0.528. The SMILES string of the molecule is CNC(=O)C1C=C(C)N(C)N1CCOc1cc(Cl)ccc1-c1ccc2ncc(CCN)n2c1. The number of benzene rings is 1. The minimum Gasteiger partial charge on any atom is -0.491 e. The molecule has 174 valence electrons. The molecule has 0 spiro atoms. The van der Waals surface area contributed by atoms with Gasteiger partial charge in [0.1, 0.15) is 24.0 Å². The van der Waals surface area contributed by atoms with Gasteiger partial charge in [-0.2, -0.15) is 0 Å². The Balaban J connectivity index is 1.55. The standard InChI is InChI=1S/C24H29ClN6O2/c1-16-12-21(24(32)27-2)31(29(16)3)10-11-33-22-13-18(25)5-6-20(22)17-4-7-23-28-14-19(8-9-26)30(23)15-17/h4-7,12-15,21H,8-11,26H2,1-3H3,(H,27,32). The number of pyridine rings is 1. The van der Waals surface area contributed by atoms with Crippen LogP contribution in [-0.2, 0) is 11.2 Å². The van der Waals surface area contributed by atoms with E-state index in [4.69, 9.17) is 22.1 Å². The number of nitrogens with two attached hydrogens (primary N) is 1. The second-order valence-electron chi connectivity index (χ2n) is 7.98. The Labute approximate surface area is 198 Å². The third kappa shape index (κ3) is 4.68. The van der Waals surface area contributed by atoms with Crippen molar-refractivity contribution in [3.05, 3.63) is 65.2 Å². The van der Waals surface area contributed by atoms with Crippen molar-refractivity contribution >= 4 is 23.2 Å². The summed E-state index contributed by atoms with van der Waals surface area (Å²) in [7, 11) is 3.59. The van der Waals surface area contributed by atoms with Gasteiger partial charge < -0.3 is 25.2 Å². The Kier molecular flexibility index (Phi) is 6.88. The van der Waals surface area contributed by atoms with E-state index in [1.807, 2.05) is 72.8 Å². The number of imidazole rings is 1. The maximum Gasteiger partial charge on any atom is 0.242 e. The largest absolute Gasteiger partial charge is 0.491 e. The first-order chi connectivity index (χ1) is 15.9. The number of rotatable bonds is 8. The fourth-order valence-electron chi connectivity index (χ4n) is 4.09. The second-order valence-corrected chi connectivity index (χ2v) is 8.41. The Hall–Kier alpha value is -3.07. The Morgan fingerprint density at radius 3 is 2.88 bits per heavy atom. The summed E-state index contributed by atoms with van der Waals surface area (Å²) in [6.07, 6.45) is 6.60. The summed E-state index contributed by atoms with van der Waals surface area (Å²) in [6.45, 7) is 3.47. The summed E-state index contributed by atoms with van der Waals surface area (Å²) in [5.74, 6) is 0.634. The molecule has 8 nitrogen and oxygen atoms in total. The summed E-state index contributed by atoms with van der Waals surface area (Å²) in [4.78, 5) is 16.7. The van der Waals surface area contributed by atoms with E-state index in [9.17, 15) is 4.79 Å². The lowest BCUT2D eigenvalue weighted by Gasteiger charge is -2.31. The van der Waals surface area contributed by atoms with E-state index in [1.54, 1.807) is 7.05 Å². The lowest BCUT2D eigenvalue weighted by atomic mass is 10.1. The molecule has 0 saturated heterocycles. The number of nitrogens with zero attached hydrogens (tertiary/aromatic N) is 4. The predicted octanol–water partition coefficient (Wildman–Crippen LogP) is 2.72. The van der Waals surface area contributed by atoms with Crippen molar-refractivity contribution in [3.8, 4) is 16.9 Å². The Bertz CT molecular complexity index is 1190. The molecule has 1 atom stereocenters. The molecule has 0 saturated carbocycles. The van der Waals surface area contributed by atoms with Gasteiger partial charge in [0.15, 0.2) is 0 Å². The molecular formula is C24H29ClN6O2. The molecule has 9 heteroatoms. The van der Waals surface area contributed by atoms with Crippen LogP contribution in [0.15, 0.2) is 54.5 Å². The van der Waals surface area contributed by atoms with Crippen molar-refractivity contribution in [2.45, 2.75) is 19.4 Å². The summed E-state index contributed by atoms with van der Waals surface area (Å²) in [5.41, 5.74) is 10.6. The van der Waals surface area contributed by atoms with Crippen molar-refractivity contribution in [1.82, 2.24) is 24.7 Å². The topological polar surface area (TPSA) is 88.1 Å². The first-order valence-electron chi connectivity index (χ1n) is 10.9. The molecule has 1 amide bonds. The van der Waals surface area contributed by atoms with Gasteiger partial charge in [-0.25, -0.2) is 9.99 Å². The molecule has 0 radical (unpaired) electrons. The van der Waals surface area contributed by atoms with E-state index in [0.29, 0.717) is 30.5 Å². The minimum absolute atomic E-state index is 0.0518. The summed E-state index contributed by atoms with van der Waals surface area (Å²) in [5, 5.41) is 7.28. The summed E-state index contributed by atoms with van der Waals surface area (Å²) in [6, 6.07) is 9.28. The maximum atomic E-state index is 12.3. The van der Waals surface area contributed by atoms with Gasteiger partial charge in [0, 0.05) is 60.5 Å². The number of fused-ring (bicyclic) bond motifs is 1. The number of halogens is 1. The highest BCUT2D eigenvalue weighted by molar-refractivity contribution is 6.30. The van der Waals surface area contributed by atoms with Gasteiger partial charge in [0.25, 0.3) is 0 Å². The number of hydrazine groups is 1. The summed E-state index contributed by atoms with van der Waals surface area (Å²) >= 11 is 6.29. The van der Waals surface area contributed by atoms with Crippen LogP contribution in [0.5, 0.6) is 5.75 Å². The normalized spacial score (nSPS) is 16.3. The van der Waals surface area contributed by atoms with E-state index in [0.717, 1.165) is 34.6 Å². The zero-order valence-electron chi connectivity index (χ0n) is 19.1. The van der Waals surface area contributed by atoms with Crippen LogP contribution in [0.4, 0.5) is 0 Å². The number of aromatic nitrogens is 2. The third-order valence-corrected chi connectivity index (χ3v) is 6.18. The molecule has 3 aromatic rings. The molecule has 0 fully saturated rings. The molecular weight excluding hydrogens is 440 g/mol. The van der Waals surface area contributed by atoms with Gasteiger partial charge in [-0.05, 0) is 49.9 Å². The number of hydrogen-bond acceptors (Lipinski definition) is 6. The van der Waals surface area contributed by atoms with E-state index in [2.05, 4.69) is 14.7 Å². The predicted molar refractivity (Wildman–Crippen MR) is 130 cm³/mol. The van der Waals surface area contributed by atoms with Crippen LogP contribution < -0.4 is 15.8 Å².